The zero-order valence-electron chi connectivity index (χ0n) is 11.6. The Labute approximate surface area is 121 Å². The van der Waals surface area contributed by atoms with E-state index in [0.717, 1.165) is 5.56 Å². The van der Waals surface area contributed by atoms with Crippen LogP contribution in [0.25, 0.3) is 0 Å². The van der Waals surface area contributed by atoms with Gasteiger partial charge in [-0.3, -0.25) is 9.48 Å². The number of fused-ring (bicyclic) bond motifs is 1. The van der Waals surface area contributed by atoms with Gasteiger partial charge in [0.1, 0.15) is 0 Å². The summed E-state index contributed by atoms with van der Waals surface area (Å²) in [6.45, 7) is 3.19. The second-order valence-corrected chi connectivity index (χ2v) is 4.83. The van der Waals surface area contributed by atoms with Crippen LogP contribution in [-0.4, -0.2) is 29.0 Å². The van der Waals surface area contributed by atoms with Crippen LogP contribution in [0.5, 0.6) is 11.5 Å². The molecule has 0 spiro atoms. The molecule has 3 rings (SSSR count). The van der Waals surface area contributed by atoms with E-state index in [2.05, 4.69) is 10.4 Å². The van der Waals surface area contributed by atoms with Crippen LogP contribution in [0, 0.1) is 6.92 Å². The van der Waals surface area contributed by atoms with Crippen molar-refractivity contribution in [2.45, 2.75) is 13.5 Å². The van der Waals surface area contributed by atoms with Crippen LogP contribution in [0.4, 0.5) is 5.69 Å². The molecule has 2 aromatic rings. The van der Waals surface area contributed by atoms with Gasteiger partial charge in [0.25, 0.3) is 5.91 Å². The Balaban J connectivity index is 1.63. The molecular formula is C14H16N4O3. The molecule has 1 aromatic heterocycles. The fourth-order valence-electron chi connectivity index (χ4n) is 2.12. The minimum absolute atomic E-state index is 0.151. The number of hydrogen-bond donors (Lipinski definition) is 2. The van der Waals surface area contributed by atoms with Crippen molar-refractivity contribution in [2.24, 2.45) is 0 Å². The zero-order chi connectivity index (χ0) is 14.8. The van der Waals surface area contributed by atoms with Gasteiger partial charge in [-0.1, -0.05) is 0 Å². The molecule has 0 unspecified atom stereocenters. The van der Waals surface area contributed by atoms with Gasteiger partial charge in [-0.05, 0) is 18.6 Å². The van der Waals surface area contributed by atoms with E-state index < -0.39 is 0 Å². The monoisotopic (exact) mass is 288 g/mol. The number of aromatic nitrogens is 2. The van der Waals surface area contributed by atoms with Gasteiger partial charge in [-0.25, -0.2) is 0 Å². The third-order valence-corrected chi connectivity index (χ3v) is 3.18. The molecule has 7 nitrogen and oxygen atoms in total. The highest BCUT2D eigenvalue weighted by atomic mass is 16.7. The molecule has 1 aliphatic heterocycles. The summed E-state index contributed by atoms with van der Waals surface area (Å²) in [6.07, 6.45) is 3.69. The second kappa shape index (κ2) is 5.35. The van der Waals surface area contributed by atoms with E-state index in [1.165, 1.54) is 0 Å². The van der Waals surface area contributed by atoms with Crippen LogP contribution in [0.3, 0.4) is 0 Å². The Morgan fingerprint density at radius 2 is 2.19 bits per heavy atom. The Hall–Kier alpha value is -2.70. The fraction of sp³-hybridized carbons (Fsp3) is 0.286. The zero-order valence-corrected chi connectivity index (χ0v) is 11.6. The predicted molar refractivity (Wildman–Crippen MR) is 76.3 cm³/mol. The lowest BCUT2D eigenvalue weighted by Crippen LogP contribution is -2.28. The summed E-state index contributed by atoms with van der Waals surface area (Å²) >= 11 is 0. The van der Waals surface area contributed by atoms with Crippen LogP contribution in [-0.2, 0) is 6.54 Å². The molecule has 7 heteroatoms. The number of nitrogen functional groups attached to an aromatic ring is 1. The lowest BCUT2D eigenvalue weighted by Gasteiger charge is -2.08. The number of nitrogens with one attached hydrogen (secondary N) is 1. The number of anilines is 1. The van der Waals surface area contributed by atoms with E-state index in [4.69, 9.17) is 15.2 Å². The number of nitrogens with zero attached hydrogens (tertiary/aromatic N) is 2. The van der Waals surface area contributed by atoms with E-state index in [-0.39, 0.29) is 12.7 Å². The fourth-order valence-corrected chi connectivity index (χ4v) is 2.12. The van der Waals surface area contributed by atoms with Crippen molar-refractivity contribution in [1.82, 2.24) is 15.1 Å². The summed E-state index contributed by atoms with van der Waals surface area (Å²) in [5.74, 6) is 0.864. The summed E-state index contributed by atoms with van der Waals surface area (Å²) < 4.78 is 12.2. The third kappa shape index (κ3) is 2.76. The largest absolute Gasteiger partial charge is 0.454 e. The normalized spacial score (nSPS) is 12.4. The molecule has 2 heterocycles. The van der Waals surface area contributed by atoms with Crippen LogP contribution in [0.15, 0.2) is 24.5 Å². The molecule has 0 aliphatic carbocycles. The number of nitrogens with two attached hydrogens (primary N) is 1. The average molecular weight is 288 g/mol. The maximum Gasteiger partial charge on any atom is 0.253 e. The molecule has 0 saturated carbocycles. The van der Waals surface area contributed by atoms with Gasteiger partial charge in [0, 0.05) is 24.5 Å². The summed E-state index contributed by atoms with van der Waals surface area (Å²) in [5, 5.41) is 6.97. The van der Waals surface area contributed by atoms with Crippen molar-refractivity contribution in [2.75, 3.05) is 19.1 Å². The van der Waals surface area contributed by atoms with Crippen molar-refractivity contribution in [3.63, 3.8) is 0 Å². The Morgan fingerprint density at radius 1 is 1.43 bits per heavy atom. The van der Waals surface area contributed by atoms with Gasteiger partial charge >= 0.3 is 0 Å². The minimum Gasteiger partial charge on any atom is -0.454 e. The molecule has 0 bridgehead atoms. The highest BCUT2D eigenvalue weighted by Gasteiger charge is 2.19. The number of ether oxygens (including phenoxy) is 2. The Bertz CT molecular complexity index is 681. The first kappa shape index (κ1) is 13.3. The SMILES string of the molecule is Cc1cnn(CCNC(=O)c2cc3c(cc2N)OCO3)c1. The molecule has 1 aromatic carbocycles. The second-order valence-electron chi connectivity index (χ2n) is 4.83. The van der Waals surface area contributed by atoms with E-state index >= 15 is 0 Å². The lowest BCUT2D eigenvalue weighted by atomic mass is 10.1. The van der Waals surface area contributed by atoms with Gasteiger partial charge in [0.05, 0.1) is 18.3 Å². The number of carbonyl (C=O) groups is 1. The van der Waals surface area contributed by atoms with Gasteiger partial charge < -0.3 is 20.5 Å². The van der Waals surface area contributed by atoms with Crippen LogP contribution in [0.2, 0.25) is 0 Å². The quantitative estimate of drug-likeness (QED) is 0.817. The van der Waals surface area contributed by atoms with Crippen molar-refractivity contribution < 1.29 is 14.3 Å². The molecule has 1 aliphatic rings. The standard InChI is InChI=1S/C14H16N4O3/c1-9-6-17-18(7-9)3-2-16-14(19)10-4-12-13(5-11(10)15)21-8-20-12/h4-7H,2-3,8,15H2,1H3,(H,16,19). The van der Waals surface area contributed by atoms with Gasteiger partial charge in [0.15, 0.2) is 11.5 Å². The lowest BCUT2D eigenvalue weighted by molar-refractivity contribution is 0.0952. The molecule has 1 amide bonds. The summed E-state index contributed by atoms with van der Waals surface area (Å²) in [4.78, 5) is 12.1. The van der Waals surface area contributed by atoms with Crippen LogP contribution >= 0.6 is 0 Å². The Kier molecular flexibility index (Phi) is 3.39. The molecular weight excluding hydrogens is 272 g/mol. The van der Waals surface area contributed by atoms with Crippen LogP contribution < -0.4 is 20.5 Å². The number of benzene rings is 1. The van der Waals surface area contributed by atoms with Gasteiger partial charge in [0.2, 0.25) is 6.79 Å². The number of hydrogen-bond acceptors (Lipinski definition) is 5. The van der Waals surface area contributed by atoms with Crippen molar-refractivity contribution >= 4 is 11.6 Å². The first-order chi connectivity index (χ1) is 10.1. The molecule has 0 radical (unpaired) electrons. The molecule has 0 saturated heterocycles. The number of amides is 1. The Morgan fingerprint density at radius 3 is 2.90 bits per heavy atom. The molecule has 3 N–H and O–H groups in total. The summed E-state index contributed by atoms with van der Waals surface area (Å²) in [6, 6.07) is 3.21. The van der Waals surface area contributed by atoms with E-state index in [0.29, 0.717) is 35.8 Å². The molecule has 110 valence electrons. The highest BCUT2D eigenvalue weighted by molar-refractivity contribution is 6.00. The molecule has 0 atom stereocenters. The first-order valence-electron chi connectivity index (χ1n) is 6.60. The minimum atomic E-state index is -0.241. The number of aryl methyl sites for hydroxylation is 1. The maximum absolute atomic E-state index is 12.1. The third-order valence-electron chi connectivity index (χ3n) is 3.18. The first-order valence-corrected chi connectivity index (χ1v) is 6.60. The predicted octanol–water partition coefficient (Wildman–Crippen LogP) is 0.932. The van der Waals surface area contributed by atoms with Crippen molar-refractivity contribution in [3.8, 4) is 11.5 Å². The average Bonchev–Trinajstić information content (AvgIpc) is 3.06. The molecule has 21 heavy (non-hydrogen) atoms. The van der Waals surface area contributed by atoms with Crippen LogP contribution in [0.1, 0.15) is 15.9 Å². The number of rotatable bonds is 4. The topological polar surface area (TPSA) is 91.4 Å². The van der Waals surface area contributed by atoms with E-state index in [1.807, 2.05) is 13.1 Å². The van der Waals surface area contributed by atoms with Gasteiger partial charge in [-0.15, -0.1) is 0 Å². The summed E-state index contributed by atoms with van der Waals surface area (Å²) in [7, 11) is 0. The summed E-state index contributed by atoms with van der Waals surface area (Å²) in [5.41, 5.74) is 7.70. The smallest absolute Gasteiger partial charge is 0.253 e. The highest BCUT2D eigenvalue weighted by Crippen LogP contribution is 2.35. The van der Waals surface area contributed by atoms with Crippen molar-refractivity contribution in [3.05, 3.63) is 35.7 Å². The van der Waals surface area contributed by atoms with Crippen molar-refractivity contribution in [1.29, 1.82) is 0 Å². The maximum atomic E-state index is 12.1. The van der Waals surface area contributed by atoms with E-state index in [9.17, 15) is 4.79 Å². The van der Waals surface area contributed by atoms with E-state index in [1.54, 1.807) is 23.0 Å². The van der Waals surface area contributed by atoms with Gasteiger partial charge in [-0.2, -0.15) is 5.10 Å². The molecule has 0 fully saturated rings. The number of carbonyl (C=O) groups excluding carboxylic acids is 1.